The number of nitrogens with zero attached hydrogens (tertiary/aromatic N) is 6. The van der Waals surface area contributed by atoms with Gasteiger partial charge in [-0.25, -0.2) is 15.0 Å². The zero-order chi connectivity index (χ0) is 14.7. The van der Waals surface area contributed by atoms with Crippen molar-refractivity contribution in [3.05, 3.63) is 30.2 Å². The Balaban J connectivity index is 1.72. The molecule has 3 heterocycles. The highest BCUT2D eigenvalue weighted by atomic mass is 15.3. The van der Waals surface area contributed by atoms with E-state index in [0.29, 0.717) is 5.92 Å². The van der Waals surface area contributed by atoms with Crippen LogP contribution in [-0.4, -0.2) is 37.8 Å². The van der Waals surface area contributed by atoms with E-state index in [1.54, 1.807) is 12.7 Å². The average Bonchev–Trinajstić information content (AvgIpc) is 3.00. The summed E-state index contributed by atoms with van der Waals surface area (Å²) in [7, 11) is 0. The van der Waals surface area contributed by atoms with E-state index in [9.17, 15) is 0 Å². The molecule has 1 unspecified atom stereocenters. The van der Waals surface area contributed by atoms with Crippen molar-refractivity contribution in [2.45, 2.75) is 39.7 Å². The highest BCUT2D eigenvalue weighted by Gasteiger charge is 2.22. The van der Waals surface area contributed by atoms with Gasteiger partial charge in [0, 0.05) is 31.4 Å². The van der Waals surface area contributed by atoms with Crippen LogP contribution in [0.4, 0.5) is 5.82 Å². The first kappa shape index (κ1) is 14.0. The van der Waals surface area contributed by atoms with Crippen molar-refractivity contribution in [2.75, 3.05) is 18.0 Å². The first-order valence-corrected chi connectivity index (χ1v) is 7.66. The van der Waals surface area contributed by atoms with Crippen molar-refractivity contribution in [3.8, 4) is 0 Å². The molecular weight excluding hydrogens is 264 g/mol. The SMILES string of the molecule is CCc1cc(N2CCCC(Cn3cncn3)C2)nc(C)n1. The van der Waals surface area contributed by atoms with E-state index in [2.05, 4.69) is 37.9 Å². The largest absolute Gasteiger partial charge is 0.356 e. The van der Waals surface area contributed by atoms with Gasteiger partial charge in [-0.15, -0.1) is 0 Å². The number of rotatable bonds is 4. The molecule has 0 N–H and O–H groups in total. The standard InChI is InChI=1S/C15H22N6/c1-3-14-7-15(19-12(2)18-14)20-6-4-5-13(8-20)9-21-11-16-10-17-21/h7,10-11,13H,3-6,8-9H2,1-2H3. The molecule has 6 nitrogen and oxygen atoms in total. The van der Waals surface area contributed by atoms with Gasteiger partial charge in [0.25, 0.3) is 0 Å². The molecule has 1 aliphatic rings. The summed E-state index contributed by atoms with van der Waals surface area (Å²) in [5.41, 5.74) is 1.12. The highest BCUT2D eigenvalue weighted by molar-refractivity contribution is 5.40. The summed E-state index contributed by atoms with van der Waals surface area (Å²) in [5, 5.41) is 4.21. The first-order chi connectivity index (χ1) is 10.2. The van der Waals surface area contributed by atoms with Crippen LogP contribution in [0.25, 0.3) is 0 Å². The quantitative estimate of drug-likeness (QED) is 0.858. The van der Waals surface area contributed by atoms with Gasteiger partial charge in [-0.05, 0) is 32.1 Å². The summed E-state index contributed by atoms with van der Waals surface area (Å²) < 4.78 is 1.93. The molecule has 112 valence electrons. The van der Waals surface area contributed by atoms with Gasteiger partial charge in [0.15, 0.2) is 0 Å². The van der Waals surface area contributed by atoms with Crippen LogP contribution in [-0.2, 0) is 13.0 Å². The summed E-state index contributed by atoms with van der Waals surface area (Å²) in [6.45, 7) is 7.14. The summed E-state index contributed by atoms with van der Waals surface area (Å²) in [6.07, 6.45) is 6.78. The molecule has 0 saturated carbocycles. The lowest BCUT2D eigenvalue weighted by atomic mass is 9.98. The second-order valence-electron chi connectivity index (χ2n) is 5.69. The van der Waals surface area contributed by atoms with Gasteiger partial charge in [-0.1, -0.05) is 6.92 Å². The average molecular weight is 286 g/mol. The predicted octanol–water partition coefficient (Wildman–Crippen LogP) is 1.86. The van der Waals surface area contributed by atoms with Crippen molar-refractivity contribution in [3.63, 3.8) is 0 Å². The van der Waals surface area contributed by atoms with E-state index < -0.39 is 0 Å². The Morgan fingerprint density at radius 2 is 2.24 bits per heavy atom. The minimum Gasteiger partial charge on any atom is -0.356 e. The fraction of sp³-hybridized carbons (Fsp3) is 0.600. The molecule has 6 heteroatoms. The third-order valence-electron chi connectivity index (χ3n) is 3.99. The minimum absolute atomic E-state index is 0.598. The van der Waals surface area contributed by atoms with Crippen LogP contribution in [0.2, 0.25) is 0 Å². The van der Waals surface area contributed by atoms with Crippen molar-refractivity contribution in [2.24, 2.45) is 5.92 Å². The summed E-state index contributed by atoms with van der Waals surface area (Å²) in [4.78, 5) is 15.5. The highest BCUT2D eigenvalue weighted by Crippen LogP contribution is 2.23. The second-order valence-corrected chi connectivity index (χ2v) is 5.69. The summed E-state index contributed by atoms with van der Waals surface area (Å²) in [6, 6.07) is 2.13. The number of aryl methyl sites for hydroxylation is 2. The summed E-state index contributed by atoms with van der Waals surface area (Å²) in [5.74, 6) is 2.53. The number of anilines is 1. The molecule has 0 bridgehead atoms. The molecule has 0 spiro atoms. The lowest BCUT2D eigenvalue weighted by molar-refractivity contribution is 0.350. The van der Waals surface area contributed by atoms with E-state index in [0.717, 1.165) is 43.4 Å². The lowest BCUT2D eigenvalue weighted by Gasteiger charge is -2.33. The van der Waals surface area contributed by atoms with E-state index in [1.807, 2.05) is 11.6 Å². The van der Waals surface area contributed by atoms with Crippen LogP contribution >= 0.6 is 0 Å². The normalized spacial score (nSPS) is 19.0. The lowest BCUT2D eigenvalue weighted by Crippen LogP contribution is -2.37. The van der Waals surface area contributed by atoms with Gasteiger partial charge in [0.1, 0.15) is 24.3 Å². The Morgan fingerprint density at radius 1 is 1.33 bits per heavy atom. The molecule has 0 radical (unpaired) electrons. The van der Waals surface area contributed by atoms with Crippen LogP contribution in [0, 0.1) is 12.8 Å². The Hall–Kier alpha value is -1.98. The number of aromatic nitrogens is 5. The molecule has 1 aliphatic heterocycles. The molecule has 2 aromatic heterocycles. The molecule has 0 amide bonds. The number of hydrogen-bond donors (Lipinski definition) is 0. The third-order valence-corrected chi connectivity index (χ3v) is 3.99. The van der Waals surface area contributed by atoms with Gasteiger partial charge in [-0.3, -0.25) is 4.68 Å². The van der Waals surface area contributed by atoms with Gasteiger partial charge in [0.05, 0.1) is 0 Å². The van der Waals surface area contributed by atoms with Crippen molar-refractivity contribution >= 4 is 5.82 Å². The minimum atomic E-state index is 0.598. The van der Waals surface area contributed by atoms with Crippen LogP contribution in [0.1, 0.15) is 31.3 Å². The molecule has 2 aromatic rings. The van der Waals surface area contributed by atoms with Crippen LogP contribution in [0.3, 0.4) is 0 Å². The molecule has 3 rings (SSSR count). The second kappa shape index (κ2) is 6.20. The van der Waals surface area contributed by atoms with Gasteiger partial charge < -0.3 is 4.90 Å². The Bertz CT molecular complexity index is 580. The van der Waals surface area contributed by atoms with Crippen molar-refractivity contribution in [1.29, 1.82) is 0 Å². The fourth-order valence-corrected chi connectivity index (χ4v) is 2.97. The Morgan fingerprint density at radius 3 is 3.00 bits per heavy atom. The maximum atomic E-state index is 4.62. The third kappa shape index (κ3) is 3.37. The zero-order valence-electron chi connectivity index (χ0n) is 12.7. The molecule has 1 fully saturated rings. The van der Waals surface area contributed by atoms with E-state index in [-0.39, 0.29) is 0 Å². The molecule has 1 atom stereocenters. The first-order valence-electron chi connectivity index (χ1n) is 7.66. The summed E-state index contributed by atoms with van der Waals surface area (Å²) >= 11 is 0. The zero-order valence-corrected chi connectivity index (χ0v) is 12.7. The van der Waals surface area contributed by atoms with Crippen molar-refractivity contribution < 1.29 is 0 Å². The predicted molar refractivity (Wildman–Crippen MR) is 81.1 cm³/mol. The number of hydrogen-bond acceptors (Lipinski definition) is 5. The maximum Gasteiger partial charge on any atom is 0.137 e. The van der Waals surface area contributed by atoms with Crippen LogP contribution in [0.5, 0.6) is 0 Å². The monoisotopic (exact) mass is 286 g/mol. The van der Waals surface area contributed by atoms with Gasteiger partial charge >= 0.3 is 0 Å². The molecule has 21 heavy (non-hydrogen) atoms. The maximum absolute atomic E-state index is 4.62. The van der Waals surface area contributed by atoms with Gasteiger partial charge in [-0.2, -0.15) is 5.10 Å². The molecule has 0 aromatic carbocycles. The van der Waals surface area contributed by atoms with Gasteiger partial charge in [0.2, 0.25) is 0 Å². The van der Waals surface area contributed by atoms with E-state index in [1.165, 1.54) is 12.8 Å². The molecule has 1 saturated heterocycles. The van der Waals surface area contributed by atoms with Crippen molar-refractivity contribution in [1.82, 2.24) is 24.7 Å². The Kier molecular flexibility index (Phi) is 4.13. The smallest absolute Gasteiger partial charge is 0.137 e. The van der Waals surface area contributed by atoms with E-state index >= 15 is 0 Å². The molecule has 0 aliphatic carbocycles. The topological polar surface area (TPSA) is 59.7 Å². The fourth-order valence-electron chi connectivity index (χ4n) is 2.97. The van der Waals surface area contributed by atoms with Crippen LogP contribution in [0.15, 0.2) is 18.7 Å². The van der Waals surface area contributed by atoms with Crippen LogP contribution < -0.4 is 4.90 Å². The van der Waals surface area contributed by atoms with E-state index in [4.69, 9.17) is 0 Å². The Labute approximate surface area is 125 Å². The molecular formula is C15H22N6. The number of piperidine rings is 1.